The first-order valence-corrected chi connectivity index (χ1v) is 5.95. The molecule has 1 heterocycles. The number of carboxylic acid groups (broad SMARTS) is 1. The zero-order chi connectivity index (χ0) is 13.8. The molecule has 0 aliphatic carbocycles. The largest absolute Gasteiger partial charge is 0.477 e. The lowest BCUT2D eigenvalue weighted by molar-refractivity contribution is -0.683. The molecule has 2 aromatic rings. The highest BCUT2D eigenvalue weighted by molar-refractivity contribution is 6.30. The van der Waals surface area contributed by atoms with E-state index in [0.717, 1.165) is 0 Å². The van der Waals surface area contributed by atoms with Crippen molar-refractivity contribution in [3.63, 3.8) is 0 Å². The van der Waals surface area contributed by atoms with Gasteiger partial charge in [0, 0.05) is 16.7 Å². The molecule has 1 aromatic carbocycles. The van der Waals surface area contributed by atoms with Gasteiger partial charge in [-0.2, -0.15) is 4.57 Å². The molecule has 0 unspecified atom stereocenters. The number of Topliss-reactive ketones (excluding diaryl/α,β-unsaturated/α-hetero) is 1. The monoisotopic (exact) mass is 276 g/mol. The summed E-state index contributed by atoms with van der Waals surface area (Å²) in [7, 11) is 0. The number of carbonyl (C=O) groups excluding carboxylic acids is 1. The predicted octanol–water partition coefficient (Wildman–Crippen LogP) is 2.21. The van der Waals surface area contributed by atoms with E-state index in [1.54, 1.807) is 41.1 Å². The SMILES string of the molecule is O=C(O)c1ccc[n+](CC(=O)c2ccc(Cl)cc2)c1. The molecule has 0 saturated heterocycles. The van der Waals surface area contributed by atoms with E-state index in [2.05, 4.69) is 0 Å². The van der Waals surface area contributed by atoms with Crippen molar-refractivity contribution in [3.05, 3.63) is 64.9 Å². The molecule has 1 N–H and O–H groups in total. The lowest BCUT2D eigenvalue weighted by atomic mass is 10.1. The number of rotatable bonds is 4. The molecule has 0 bridgehead atoms. The van der Waals surface area contributed by atoms with E-state index in [1.807, 2.05) is 0 Å². The Morgan fingerprint density at radius 1 is 1.11 bits per heavy atom. The average Bonchev–Trinajstić information content (AvgIpc) is 2.39. The summed E-state index contributed by atoms with van der Waals surface area (Å²) in [6.45, 7) is 0.0861. The molecule has 0 amide bonds. The first-order chi connectivity index (χ1) is 9.06. The number of carbonyl (C=O) groups is 2. The van der Waals surface area contributed by atoms with Crippen LogP contribution in [0.3, 0.4) is 0 Å². The molecule has 0 fully saturated rings. The normalized spacial score (nSPS) is 10.2. The van der Waals surface area contributed by atoms with Crippen LogP contribution in [0.25, 0.3) is 0 Å². The highest BCUT2D eigenvalue weighted by Crippen LogP contribution is 2.10. The van der Waals surface area contributed by atoms with Gasteiger partial charge in [-0.1, -0.05) is 11.6 Å². The van der Waals surface area contributed by atoms with Gasteiger partial charge in [-0.3, -0.25) is 4.79 Å². The minimum atomic E-state index is -1.02. The lowest BCUT2D eigenvalue weighted by Crippen LogP contribution is -2.38. The second-order valence-electron chi connectivity index (χ2n) is 4.00. The van der Waals surface area contributed by atoms with Crippen LogP contribution < -0.4 is 4.57 Å². The van der Waals surface area contributed by atoms with Gasteiger partial charge in [0.05, 0.1) is 0 Å². The maximum absolute atomic E-state index is 12.0. The fourth-order valence-electron chi connectivity index (χ4n) is 1.64. The fraction of sp³-hybridized carbons (Fsp3) is 0.0714. The quantitative estimate of drug-likeness (QED) is 0.688. The van der Waals surface area contributed by atoms with E-state index in [9.17, 15) is 9.59 Å². The van der Waals surface area contributed by atoms with Crippen molar-refractivity contribution < 1.29 is 19.3 Å². The Bertz CT molecular complexity index is 623. The fourth-order valence-corrected chi connectivity index (χ4v) is 1.77. The smallest absolute Gasteiger partial charge is 0.341 e. The van der Waals surface area contributed by atoms with Crippen molar-refractivity contribution in [2.45, 2.75) is 6.54 Å². The molecule has 0 aliphatic heterocycles. The van der Waals surface area contributed by atoms with Gasteiger partial charge in [0.2, 0.25) is 12.3 Å². The Balaban J connectivity index is 2.17. The molecule has 2 rings (SSSR count). The number of halogens is 1. The van der Waals surface area contributed by atoms with Crippen molar-refractivity contribution in [1.82, 2.24) is 0 Å². The third-order valence-corrected chi connectivity index (χ3v) is 2.85. The maximum atomic E-state index is 12.0. The summed E-state index contributed by atoms with van der Waals surface area (Å²) in [6, 6.07) is 9.66. The summed E-state index contributed by atoms with van der Waals surface area (Å²) in [4.78, 5) is 22.8. The Hall–Kier alpha value is -2.20. The molecule has 0 aliphatic rings. The summed E-state index contributed by atoms with van der Waals surface area (Å²) in [5, 5.41) is 9.44. The number of aromatic carboxylic acids is 1. The summed E-state index contributed by atoms with van der Waals surface area (Å²) in [6.07, 6.45) is 3.08. The third kappa shape index (κ3) is 3.39. The second-order valence-corrected chi connectivity index (χ2v) is 4.44. The van der Waals surface area contributed by atoms with Gasteiger partial charge < -0.3 is 5.11 Å². The molecule has 0 atom stereocenters. The average molecular weight is 277 g/mol. The molecule has 96 valence electrons. The van der Waals surface area contributed by atoms with Crippen LogP contribution >= 0.6 is 11.6 Å². The molecule has 0 saturated carbocycles. The summed E-state index contributed by atoms with van der Waals surface area (Å²) in [5.74, 6) is -1.13. The molecule has 5 heteroatoms. The van der Waals surface area contributed by atoms with Gasteiger partial charge in [0.1, 0.15) is 5.56 Å². The van der Waals surface area contributed by atoms with E-state index in [4.69, 9.17) is 16.7 Å². The number of benzene rings is 1. The Morgan fingerprint density at radius 2 is 1.79 bits per heavy atom. The number of aromatic nitrogens is 1. The molecule has 19 heavy (non-hydrogen) atoms. The molecule has 0 spiro atoms. The van der Waals surface area contributed by atoms with Gasteiger partial charge in [-0.15, -0.1) is 0 Å². The summed E-state index contributed by atoms with van der Waals surface area (Å²) >= 11 is 5.75. The highest BCUT2D eigenvalue weighted by Gasteiger charge is 2.14. The topological polar surface area (TPSA) is 58.2 Å². The van der Waals surface area contributed by atoms with E-state index < -0.39 is 5.97 Å². The van der Waals surface area contributed by atoms with Crippen LogP contribution in [0, 0.1) is 0 Å². The van der Waals surface area contributed by atoms with Crippen LogP contribution in [0.5, 0.6) is 0 Å². The standard InChI is InChI=1S/C14H10ClNO3/c15-12-5-3-10(4-6-12)13(17)9-16-7-1-2-11(8-16)14(18)19/h1-8H,9H2/p+1. The second kappa shape index (κ2) is 5.63. The van der Waals surface area contributed by atoms with Crippen LogP contribution in [0.4, 0.5) is 0 Å². The van der Waals surface area contributed by atoms with Gasteiger partial charge in [-0.05, 0) is 30.3 Å². The van der Waals surface area contributed by atoms with Crippen LogP contribution in [0.15, 0.2) is 48.8 Å². The Labute approximate surface area is 114 Å². The number of ketones is 1. The number of nitrogens with zero attached hydrogens (tertiary/aromatic N) is 1. The van der Waals surface area contributed by atoms with Crippen molar-refractivity contribution in [3.8, 4) is 0 Å². The molecular formula is C14H11ClNO3+. The number of hydrogen-bond acceptors (Lipinski definition) is 2. The van der Waals surface area contributed by atoms with Crippen molar-refractivity contribution in [2.75, 3.05) is 0 Å². The minimum Gasteiger partial charge on any atom is -0.477 e. The Kier molecular flexibility index (Phi) is 3.92. The van der Waals surface area contributed by atoms with Crippen molar-refractivity contribution >= 4 is 23.4 Å². The van der Waals surface area contributed by atoms with Gasteiger partial charge in [0.15, 0.2) is 12.4 Å². The van der Waals surface area contributed by atoms with Crippen molar-refractivity contribution in [2.24, 2.45) is 0 Å². The first-order valence-electron chi connectivity index (χ1n) is 5.57. The number of pyridine rings is 1. The number of carboxylic acids is 1. The van der Waals surface area contributed by atoms with Crippen LogP contribution in [-0.2, 0) is 6.54 Å². The first kappa shape index (κ1) is 13.2. The predicted molar refractivity (Wildman–Crippen MR) is 69.4 cm³/mol. The molecular weight excluding hydrogens is 266 g/mol. The molecule has 0 radical (unpaired) electrons. The van der Waals surface area contributed by atoms with Crippen LogP contribution in [0.2, 0.25) is 5.02 Å². The minimum absolute atomic E-state index is 0.0861. The van der Waals surface area contributed by atoms with Gasteiger partial charge in [-0.25, -0.2) is 4.79 Å². The molecule has 4 nitrogen and oxygen atoms in total. The van der Waals surface area contributed by atoms with Crippen molar-refractivity contribution in [1.29, 1.82) is 0 Å². The zero-order valence-electron chi connectivity index (χ0n) is 9.91. The highest BCUT2D eigenvalue weighted by atomic mass is 35.5. The lowest BCUT2D eigenvalue weighted by Gasteiger charge is -1.99. The summed E-state index contributed by atoms with van der Waals surface area (Å²) in [5.41, 5.74) is 0.684. The summed E-state index contributed by atoms with van der Waals surface area (Å²) < 4.78 is 1.54. The van der Waals surface area contributed by atoms with E-state index in [-0.39, 0.29) is 17.9 Å². The third-order valence-electron chi connectivity index (χ3n) is 2.60. The van der Waals surface area contributed by atoms with Gasteiger partial charge in [0.25, 0.3) is 0 Å². The number of hydrogen-bond donors (Lipinski definition) is 1. The molecule has 1 aromatic heterocycles. The van der Waals surface area contributed by atoms with Crippen LogP contribution in [0.1, 0.15) is 20.7 Å². The van der Waals surface area contributed by atoms with E-state index in [0.29, 0.717) is 10.6 Å². The van der Waals surface area contributed by atoms with E-state index in [1.165, 1.54) is 12.3 Å². The van der Waals surface area contributed by atoms with E-state index >= 15 is 0 Å². The Morgan fingerprint density at radius 3 is 2.42 bits per heavy atom. The van der Waals surface area contributed by atoms with Gasteiger partial charge >= 0.3 is 5.97 Å². The van der Waals surface area contributed by atoms with Crippen LogP contribution in [-0.4, -0.2) is 16.9 Å². The zero-order valence-corrected chi connectivity index (χ0v) is 10.7. The maximum Gasteiger partial charge on any atom is 0.341 e.